The highest BCUT2D eigenvalue weighted by atomic mass is 35.5. The van der Waals surface area contributed by atoms with Gasteiger partial charge in [-0.15, -0.1) is 10.2 Å². The molecule has 3 heterocycles. The molecule has 0 aliphatic carbocycles. The molecule has 3 rings (SSSR count). The second-order valence-electron chi connectivity index (χ2n) is 4.96. The van der Waals surface area contributed by atoms with Crippen LogP contribution in [0.5, 0.6) is 0 Å². The number of rotatable bonds is 6. The number of halogens is 1. The summed E-state index contributed by atoms with van der Waals surface area (Å²) >= 11 is 7.26. The minimum Gasteiger partial charge on any atom is -0.323 e. The first kappa shape index (κ1) is 17.4. The molecule has 1 amide bonds. The third-order valence-corrected chi connectivity index (χ3v) is 4.61. The minimum absolute atomic E-state index is 0.184. The number of thioether (sulfide) groups is 1. The molecular weight excluding hydrogens is 360 g/mol. The van der Waals surface area contributed by atoms with E-state index in [0.717, 1.165) is 11.4 Å². The number of amides is 1. The predicted octanol–water partition coefficient (Wildman–Crippen LogP) is 3.14. The summed E-state index contributed by atoms with van der Waals surface area (Å²) in [6.07, 6.45) is 4.99. The monoisotopic (exact) mass is 374 g/mol. The molecule has 1 N–H and O–H groups in total. The van der Waals surface area contributed by atoms with Gasteiger partial charge in [-0.25, -0.2) is 4.98 Å². The first-order chi connectivity index (χ1) is 12.2. The molecule has 3 aromatic rings. The van der Waals surface area contributed by atoms with Crippen LogP contribution < -0.4 is 5.32 Å². The molecule has 0 atom stereocenters. The van der Waals surface area contributed by atoms with Crippen LogP contribution in [0.1, 0.15) is 6.92 Å². The van der Waals surface area contributed by atoms with Gasteiger partial charge in [-0.05, 0) is 31.2 Å². The summed E-state index contributed by atoms with van der Waals surface area (Å²) in [7, 11) is 0. The molecular formula is C16H15ClN6OS. The Balaban J connectivity index is 1.68. The van der Waals surface area contributed by atoms with E-state index in [1.807, 2.05) is 23.6 Å². The van der Waals surface area contributed by atoms with Gasteiger partial charge in [-0.1, -0.05) is 23.4 Å². The molecule has 0 fully saturated rings. The predicted molar refractivity (Wildman–Crippen MR) is 97.5 cm³/mol. The lowest BCUT2D eigenvalue weighted by Gasteiger charge is -2.08. The van der Waals surface area contributed by atoms with Crippen molar-refractivity contribution in [3.63, 3.8) is 0 Å². The van der Waals surface area contributed by atoms with Crippen molar-refractivity contribution in [2.45, 2.75) is 18.6 Å². The van der Waals surface area contributed by atoms with Gasteiger partial charge in [-0.2, -0.15) is 0 Å². The van der Waals surface area contributed by atoms with Crippen molar-refractivity contribution >= 4 is 35.0 Å². The van der Waals surface area contributed by atoms with Gasteiger partial charge in [0, 0.05) is 30.7 Å². The molecule has 128 valence electrons. The number of anilines is 1. The number of nitrogens with zero attached hydrogens (tertiary/aromatic N) is 5. The van der Waals surface area contributed by atoms with Gasteiger partial charge in [0.2, 0.25) is 5.91 Å². The van der Waals surface area contributed by atoms with Crippen LogP contribution in [0.15, 0.2) is 48.0 Å². The molecule has 0 aromatic carbocycles. The molecule has 0 bridgehead atoms. The summed E-state index contributed by atoms with van der Waals surface area (Å²) < 4.78 is 1.96. The van der Waals surface area contributed by atoms with E-state index in [9.17, 15) is 4.79 Å². The molecule has 0 aliphatic heterocycles. The quantitative estimate of drug-likeness (QED) is 0.527. The van der Waals surface area contributed by atoms with Crippen molar-refractivity contribution in [1.82, 2.24) is 24.7 Å². The Morgan fingerprint density at radius 3 is 2.76 bits per heavy atom. The Morgan fingerprint density at radius 1 is 1.24 bits per heavy atom. The third kappa shape index (κ3) is 4.15. The Kier molecular flexibility index (Phi) is 5.62. The summed E-state index contributed by atoms with van der Waals surface area (Å²) in [6.45, 7) is 2.70. The van der Waals surface area contributed by atoms with E-state index in [0.29, 0.717) is 17.4 Å². The second-order valence-corrected chi connectivity index (χ2v) is 6.27. The molecule has 0 unspecified atom stereocenters. The molecule has 0 radical (unpaired) electrons. The molecule has 7 nitrogen and oxygen atoms in total. The van der Waals surface area contributed by atoms with Crippen LogP contribution in [0.4, 0.5) is 5.69 Å². The van der Waals surface area contributed by atoms with Crippen molar-refractivity contribution < 1.29 is 4.79 Å². The Morgan fingerprint density at radius 2 is 2.04 bits per heavy atom. The molecule has 25 heavy (non-hydrogen) atoms. The van der Waals surface area contributed by atoms with E-state index in [1.54, 1.807) is 30.7 Å². The van der Waals surface area contributed by atoms with Gasteiger partial charge in [0.25, 0.3) is 0 Å². The molecule has 9 heteroatoms. The SMILES string of the molecule is CCn1c(SCC(=O)Nc2cccnc2Cl)nnc1-c1ccncc1. The van der Waals surface area contributed by atoms with Crippen molar-refractivity contribution in [3.8, 4) is 11.4 Å². The summed E-state index contributed by atoms with van der Waals surface area (Å²) in [5, 5.41) is 12.1. The average Bonchev–Trinajstić information content (AvgIpc) is 3.05. The topological polar surface area (TPSA) is 85.6 Å². The fraction of sp³-hybridized carbons (Fsp3) is 0.188. The number of hydrogen-bond acceptors (Lipinski definition) is 6. The minimum atomic E-state index is -0.184. The third-order valence-electron chi connectivity index (χ3n) is 3.34. The fourth-order valence-corrected chi connectivity index (χ4v) is 3.16. The number of pyridine rings is 2. The largest absolute Gasteiger partial charge is 0.323 e. The van der Waals surface area contributed by atoms with E-state index in [2.05, 4.69) is 25.5 Å². The van der Waals surface area contributed by atoms with E-state index < -0.39 is 0 Å². The Hall–Kier alpha value is -2.45. The van der Waals surface area contributed by atoms with Crippen LogP contribution in [0.3, 0.4) is 0 Å². The number of carbonyl (C=O) groups is 1. The van der Waals surface area contributed by atoms with Gasteiger partial charge in [0.15, 0.2) is 16.1 Å². The summed E-state index contributed by atoms with van der Waals surface area (Å²) in [5.41, 5.74) is 1.42. The number of carbonyl (C=O) groups excluding carboxylic acids is 1. The highest BCUT2D eigenvalue weighted by molar-refractivity contribution is 7.99. The highest BCUT2D eigenvalue weighted by Gasteiger charge is 2.15. The standard InChI is InChI=1S/C16H15ClN6OS/c1-2-23-15(11-5-8-18-9-6-11)21-22-16(23)25-10-13(24)20-12-4-3-7-19-14(12)17/h3-9H,2,10H2,1H3,(H,20,24). The van der Waals surface area contributed by atoms with Gasteiger partial charge in [0.1, 0.15) is 0 Å². The first-order valence-electron chi connectivity index (χ1n) is 7.55. The van der Waals surface area contributed by atoms with Crippen LogP contribution in [0.25, 0.3) is 11.4 Å². The summed E-state index contributed by atoms with van der Waals surface area (Å²) in [5.74, 6) is 0.763. The maximum absolute atomic E-state index is 12.1. The normalized spacial score (nSPS) is 10.6. The lowest BCUT2D eigenvalue weighted by molar-refractivity contribution is -0.113. The molecule has 0 saturated carbocycles. The van der Waals surface area contributed by atoms with Gasteiger partial charge in [-0.3, -0.25) is 9.78 Å². The molecule has 0 spiro atoms. The van der Waals surface area contributed by atoms with Crippen molar-refractivity contribution in [3.05, 3.63) is 48.0 Å². The number of hydrogen-bond donors (Lipinski definition) is 1. The molecule has 0 aliphatic rings. The summed E-state index contributed by atoms with van der Waals surface area (Å²) in [4.78, 5) is 20.1. The zero-order valence-corrected chi connectivity index (χ0v) is 15.0. The van der Waals surface area contributed by atoms with E-state index in [-0.39, 0.29) is 16.8 Å². The van der Waals surface area contributed by atoms with Crippen LogP contribution in [0, 0.1) is 0 Å². The smallest absolute Gasteiger partial charge is 0.234 e. The Bertz CT molecular complexity index is 870. The van der Waals surface area contributed by atoms with Crippen LogP contribution in [-0.2, 0) is 11.3 Å². The van der Waals surface area contributed by atoms with E-state index in [4.69, 9.17) is 11.6 Å². The number of nitrogens with one attached hydrogen (secondary N) is 1. The number of aromatic nitrogens is 5. The average molecular weight is 375 g/mol. The summed E-state index contributed by atoms with van der Waals surface area (Å²) in [6, 6.07) is 7.17. The second kappa shape index (κ2) is 8.09. The van der Waals surface area contributed by atoms with Crippen LogP contribution in [0.2, 0.25) is 5.15 Å². The van der Waals surface area contributed by atoms with Crippen molar-refractivity contribution in [2.24, 2.45) is 0 Å². The van der Waals surface area contributed by atoms with Gasteiger partial charge >= 0.3 is 0 Å². The zero-order chi connectivity index (χ0) is 17.6. The van der Waals surface area contributed by atoms with Crippen molar-refractivity contribution in [1.29, 1.82) is 0 Å². The van der Waals surface area contributed by atoms with Crippen molar-refractivity contribution in [2.75, 3.05) is 11.1 Å². The lowest BCUT2D eigenvalue weighted by Crippen LogP contribution is -2.15. The van der Waals surface area contributed by atoms with Crippen LogP contribution in [-0.4, -0.2) is 36.4 Å². The zero-order valence-electron chi connectivity index (χ0n) is 13.4. The highest BCUT2D eigenvalue weighted by Crippen LogP contribution is 2.24. The van der Waals surface area contributed by atoms with Gasteiger partial charge in [0.05, 0.1) is 11.4 Å². The first-order valence-corrected chi connectivity index (χ1v) is 8.92. The van der Waals surface area contributed by atoms with E-state index >= 15 is 0 Å². The van der Waals surface area contributed by atoms with E-state index in [1.165, 1.54) is 11.8 Å². The molecule has 0 saturated heterocycles. The molecule has 3 aromatic heterocycles. The maximum atomic E-state index is 12.1. The van der Waals surface area contributed by atoms with Gasteiger partial charge < -0.3 is 9.88 Å². The van der Waals surface area contributed by atoms with Crippen LogP contribution >= 0.6 is 23.4 Å². The maximum Gasteiger partial charge on any atom is 0.234 e. The Labute approximate surface area is 153 Å². The fourth-order valence-electron chi connectivity index (χ4n) is 2.19. The lowest BCUT2D eigenvalue weighted by atomic mass is 10.2.